The van der Waals surface area contributed by atoms with Gasteiger partial charge >= 0.3 is 6.09 Å². The van der Waals surface area contributed by atoms with Crippen molar-refractivity contribution in [1.29, 1.82) is 0 Å². The molecule has 7 heteroatoms. The predicted octanol–water partition coefficient (Wildman–Crippen LogP) is 5.83. The van der Waals surface area contributed by atoms with Crippen molar-refractivity contribution in [1.82, 2.24) is 10.2 Å². The van der Waals surface area contributed by atoms with Gasteiger partial charge in [0.05, 0.1) is 0 Å². The molecule has 2 aromatic carbocycles. The summed E-state index contributed by atoms with van der Waals surface area (Å²) in [6, 6.07) is 11.6. The number of benzene rings is 2. The molecule has 0 spiro atoms. The van der Waals surface area contributed by atoms with E-state index in [9.17, 15) is 14.4 Å². The van der Waals surface area contributed by atoms with Crippen LogP contribution in [0, 0.1) is 20.8 Å². The molecule has 0 aliphatic carbocycles. The van der Waals surface area contributed by atoms with Gasteiger partial charge in [-0.15, -0.1) is 0 Å². The smallest absolute Gasteiger partial charge is 0.408 e. The summed E-state index contributed by atoms with van der Waals surface area (Å²) in [4.78, 5) is 41.4. The maximum absolute atomic E-state index is 13.8. The maximum atomic E-state index is 13.8. The number of anilines is 1. The van der Waals surface area contributed by atoms with E-state index >= 15 is 0 Å². The van der Waals surface area contributed by atoms with E-state index in [2.05, 4.69) is 10.6 Å². The van der Waals surface area contributed by atoms with E-state index in [1.807, 2.05) is 70.2 Å². The lowest BCUT2D eigenvalue weighted by atomic mass is 9.98. The minimum Gasteiger partial charge on any atom is -0.444 e. The molecule has 36 heavy (non-hydrogen) atoms. The van der Waals surface area contributed by atoms with Crippen LogP contribution >= 0.6 is 0 Å². The van der Waals surface area contributed by atoms with Crippen LogP contribution < -0.4 is 10.6 Å². The lowest BCUT2D eigenvalue weighted by Gasteiger charge is -2.34. The van der Waals surface area contributed by atoms with E-state index in [4.69, 9.17) is 4.74 Å². The Hall–Kier alpha value is -3.35. The van der Waals surface area contributed by atoms with Crippen molar-refractivity contribution in [2.45, 2.75) is 85.9 Å². The third kappa shape index (κ3) is 8.11. The Morgan fingerprint density at radius 2 is 1.64 bits per heavy atom. The van der Waals surface area contributed by atoms with Crippen molar-refractivity contribution >= 4 is 23.6 Å². The molecule has 0 saturated carbocycles. The van der Waals surface area contributed by atoms with Crippen molar-refractivity contribution in [3.05, 3.63) is 64.7 Å². The molecule has 196 valence electrons. The minimum atomic E-state index is -0.878. The van der Waals surface area contributed by atoms with E-state index < -0.39 is 23.8 Å². The molecule has 0 aromatic heterocycles. The van der Waals surface area contributed by atoms with Gasteiger partial charge in [0, 0.05) is 12.2 Å². The first-order chi connectivity index (χ1) is 16.8. The Balaban J connectivity index is 2.46. The first-order valence-corrected chi connectivity index (χ1v) is 12.6. The molecule has 7 nitrogen and oxygen atoms in total. The second kappa shape index (κ2) is 12.6. The summed E-state index contributed by atoms with van der Waals surface area (Å²) in [5, 5.41) is 5.65. The van der Waals surface area contributed by atoms with Crippen molar-refractivity contribution in [2.75, 3.05) is 11.9 Å². The number of nitrogens with one attached hydrogen (secondary N) is 2. The predicted molar refractivity (Wildman–Crippen MR) is 144 cm³/mol. The zero-order valence-electron chi connectivity index (χ0n) is 22.9. The molecule has 2 rings (SSSR count). The van der Waals surface area contributed by atoms with Gasteiger partial charge in [-0.3, -0.25) is 9.59 Å². The highest BCUT2D eigenvalue weighted by Gasteiger charge is 2.34. The molecule has 2 aromatic rings. The van der Waals surface area contributed by atoms with Gasteiger partial charge in [-0.2, -0.15) is 0 Å². The van der Waals surface area contributed by atoms with E-state index in [1.54, 1.807) is 32.6 Å². The Labute approximate surface area is 215 Å². The highest BCUT2D eigenvalue weighted by atomic mass is 16.6. The SMILES string of the molecule is CCCCN(C(=O)C(C)NC(=O)OC(C)(C)C)C(C(=O)Nc1ccccc1C)c1ccc(C)c(C)c1. The first kappa shape index (κ1) is 28.9. The van der Waals surface area contributed by atoms with E-state index in [0.717, 1.165) is 28.7 Å². The molecular weight excluding hydrogens is 454 g/mol. The van der Waals surface area contributed by atoms with Crippen LogP contribution in [-0.2, 0) is 14.3 Å². The largest absolute Gasteiger partial charge is 0.444 e. The second-order valence-electron chi connectivity index (χ2n) is 10.3. The summed E-state index contributed by atoms with van der Waals surface area (Å²) in [7, 11) is 0. The van der Waals surface area contributed by atoms with Gasteiger partial charge in [0.1, 0.15) is 17.7 Å². The lowest BCUT2D eigenvalue weighted by Crippen LogP contribution is -2.51. The van der Waals surface area contributed by atoms with Crippen LogP contribution in [0.2, 0.25) is 0 Å². The average molecular weight is 496 g/mol. The number of unbranched alkanes of at least 4 members (excludes halogenated alkanes) is 1. The molecule has 0 heterocycles. The van der Waals surface area contributed by atoms with Gasteiger partial charge < -0.3 is 20.3 Å². The highest BCUT2D eigenvalue weighted by molar-refractivity contribution is 5.99. The Morgan fingerprint density at radius 3 is 2.22 bits per heavy atom. The molecule has 2 N–H and O–H groups in total. The number of ether oxygens (including phenoxy) is 1. The van der Waals surface area contributed by atoms with Crippen LogP contribution in [0.3, 0.4) is 0 Å². The molecule has 0 aliphatic heterocycles. The average Bonchev–Trinajstić information content (AvgIpc) is 2.78. The van der Waals surface area contributed by atoms with Crippen LogP contribution in [0.1, 0.15) is 75.8 Å². The summed E-state index contributed by atoms with van der Waals surface area (Å²) >= 11 is 0. The molecule has 2 atom stereocenters. The van der Waals surface area contributed by atoms with Gasteiger partial charge in [0.2, 0.25) is 5.91 Å². The molecule has 0 bridgehead atoms. The lowest BCUT2D eigenvalue weighted by molar-refractivity contribution is -0.140. The summed E-state index contributed by atoms with van der Waals surface area (Å²) in [5.74, 6) is -0.654. The van der Waals surface area contributed by atoms with Crippen molar-refractivity contribution < 1.29 is 19.1 Å². The number of rotatable bonds is 9. The Kier molecular flexibility index (Phi) is 10.1. The number of alkyl carbamates (subject to hydrolysis) is 1. The number of aryl methyl sites for hydroxylation is 3. The summed E-state index contributed by atoms with van der Waals surface area (Å²) < 4.78 is 5.33. The van der Waals surface area contributed by atoms with Crippen LogP contribution in [0.4, 0.5) is 10.5 Å². The molecule has 3 amide bonds. The third-order valence-electron chi connectivity index (χ3n) is 5.95. The van der Waals surface area contributed by atoms with Gasteiger partial charge in [-0.1, -0.05) is 49.7 Å². The van der Waals surface area contributed by atoms with Crippen LogP contribution in [0.25, 0.3) is 0 Å². The number of nitrogens with zero attached hydrogens (tertiary/aromatic N) is 1. The van der Waals surface area contributed by atoms with E-state index in [0.29, 0.717) is 18.7 Å². The van der Waals surface area contributed by atoms with Crippen molar-refractivity contribution in [3.8, 4) is 0 Å². The molecular formula is C29H41N3O4. The first-order valence-electron chi connectivity index (χ1n) is 12.6. The van der Waals surface area contributed by atoms with E-state index in [-0.39, 0.29) is 11.8 Å². The topological polar surface area (TPSA) is 87.7 Å². The fourth-order valence-electron chi connectivity index (χ4n) is 3.81. The molecule has 0 radical (unpaired) electrons. The maximum Gasteiger partial charge on any atom is 0.408 e. The second-order valence-corrected chi connectivity index (χ2v) is 10.3. The summed E-state index contributed by atoms with van der Waals surface area (Å²) in [5.41, 5.74) is 3.78. The third-order valence-corrected chi connectivity index (χ3v) is 5.95. The van der Waals surface area contributed by atoms with Gasteiger partial charge in [-0.05, 0) is 83.2 Å². The van der Waals surface area contributed by atoms with Crippen LogP contribution in [0.5, 0.6) is 0 Å². The molecule has 0 aliphatic rings. The zero-order chi connectivity index (χ0) is 27.0. The van der Waals surface area contributed by atoms with Gasteiger partial charge in [0.15, 0.2) is 0 Å². The van der Waals surface area contributed by atoms with Gasteiger partial charge in [0.25, 0.3) is 5.91 Å². The minimum absolute atomic E-state index is 0.304. The van der Waals surface area contributed by atoms with Crippen molar-refractivity contribution in [3.63, 3.8) is 0 Å². The quantitative estimate of drug-likeness (QED) is 0.458. The summed E-state index contributed by atoms with van der Waals surface area (Å²) in [6.07, 6.45) is 0.881. The number of amides is 3. The number of carbonyl (C=O) groups excluding carboxylic acids is 3. The fraction of sp³-hybridized carbons (Fsp3) is 0.483. The number of hydrogen-bond donors (Lipinski definition) is 2. The number of hydrogen-bond acceptors (Lipinski definition) is 4. The highest BCUT2D eigenvalue weighted by Crippen LogP contribution is 2.27. The van der Waals surface area contributed by atoms with E-state index in [1.165, 1.54) is 0 Å². The molecule has 2 unspecified atom stereocenters. The normalized spacial score (nSPS) is 12.9. The monoisotopic (exact) mass is 495 g/mol. The Bertz CT molecular complexity index is 1070. The van der Waals surface area contributed by atoms with Crippen LogP contribution in [-0.4, -0.2) is 41.0 Å². The number of carbonyl (C=O) groups is 3. The van der Waals surface area contributed by atoms with Gasteiger partial charge in [-0.25, -0.2) is 4.79 Å². The fourth-order valence-corrected chi connectivity index (χ4v) is 3.81. The summed E-state index contributed by atoms with van der Waals surface area (Å²) in [6.45, 7) is 15.2. The molecule has 0 saturated heterocycles. The van der Waals surface area contributed by atoms with Crippen molar-refractivity contribution in [2.24, 2.45) is 0 Å². The standard InChI is InChI=1S/C29H41N3O4/c1-9-10-17-32(27(34)22(5)30-28(35)36-29(6,7)8)25(23-16-15-19(2)21(4)18-23)26(33)31-24-14-12-11-13-20(24)3/h11-16,18,22,25H,9-10,17H2,1-8H3,(H,30,35)(H,31,33). The zero-order valence-corrected chi connectivity index (χ0v) is 22.9. The van der Waals surface area contributed by atoms with Crippen LogP contribution in [0.15, 0.2) is 42.5 Å². The number of para-hydroxylation sites is 1. The molecule has 0 fully saturated rings. The Morgan fingerprint density at radius 1 is 0.972 bits per heavy atom.